The minimum absolute atomic E-state index is 0.187. The Morgan fingerprint density at radius 1 is 1.31 bits per heavy atom. The van der Waals surface area contributed by atoms with Crippen LogP contribution >= 0.6 is 11.3 Å². The molecule has 0 saturated heterocycles. The van der Waals surface area contributed by atoms with Gasteiger partial charge in [0, 0.05) is 18.4 Å². The molecule has 1 unspecified atom stereocenters. The van der Waals surface area contributed by atoms with Crippen LogP contribution in [-0.4, -0.2) is 16.7 Å². The molecule has 1 atom stereocenters. The van der Waals surface area contributed by atoms with E-state index in [1.807, 2.05) is 6.92 Å². The molecule has 0 aliphatic rings. The van der Waals surface area contributed by atoms with Gasteiger partial charge in [-0.1, -0.05) is 26.8 Å². The summed E-state index contributed by atoms with van der Waals surface area (Å²) in [4.78, 5) is 4.63. The second-order valence-corrected chi connectivity index (χ2v) is 5.58. The van der Waals surface area contributed by atoms with E-state index in [0.717, 1.165) is 11.1 Å². The van der Waals surface area contributed by atoms with Crippen molar-refractivity contribution in [1.29, 1.82) is 0 Å². The van der Waals surface area contributed by atoms with Gasteiger partial charge in [0.05, 0.1) is 15.2 Å². The zero-order chi connectivity index (χ0) is 11.7. The lowest BCUT2D eigenvalue weighted by atomic mass is 10.0. The Kier molecular flexibility index (Phi) is 3.26. The molecule has 86 valence electrons. The molecule has 0 amide bonds. The number of nitrogens with zero attached hydrogens (tertiary/aromatic N) is 1. The summed E-state index contributed by atoms with van der Waals surface area (Å²) < 4.78 is 1.23. The number of fused-ring (bicyclic) bond motifs is 1. The Labute approximate surface area is 100.0 Å². The van der Waals surface area contributed by atoms with Crippen molar-refractivity contribution in [1.82, 2.24) is 4.98 Å². The van der Waals surface area contributed by atoms with Crippen molar-refractivity contribution in [2.45, 2.75) is 32.6 Å². The molecule has 3 heteroatoms. The molecular weight excluding hydrogens is 218 g/mol. The molecule has 0 spiro atoms. The Morgan fingerprint density at radius 3 is 2.69 bits per heavy atom. The first-order chi connectivity index (χ1) is 7.61. The topological polar surface area (TPSA) is 33.1 Å². The first-order valence-corrected chi connectivity index (χ1v) is 6.44. The number of thiazole rings is 1. The molecular formula is C13H17NOS. The van der Waals surface area contributed by atoms with Gasteiger partial charge < -0.3 is 5.11 Å². The molecule has 1 aromatic heterocycles. The monoisotopic (exact) mass is 235 g/mol. The maximum Gasteiger partial charge on any atom is 0.0963 e. The summed E-state index contributed by atoms with van der Waals surface area (Å²) in [6.07, 6.45) is 0. The van der Waals surface area contributed by atoms with E-state index in [0.29, 0.717) is 5.92 Å². The van der Waals surface area contributed by atoms with Gasteiger partial charge in [0.15, 0.2) is 0 Å². The Bertz CT molecular complexity index is 490. The number of aromatic nitrogens is 1. The van der Waals surface area contributed by atoms with Crippen molar-refractivity contribution < 1.29 is 5.11 Å². The van der Waals surface area contributed by atoms with Crippen molar-refractivity contribution in [2.24, 2.45) is 0 Å². The standard InChI is InChI=1S/C13H17NOS/c1-8(2)13-14-11-6-10(9(3)7-15)4-5-12(11)16-13/h4-6,8-9,15H,7H2,1-3H3. The minimum Gasteiger partial charge on any atom is -0.396 e. The highest BCUT2D eigenvalue weighted by molar-refractivity contribution is 7.18. The van der Waals surface area contributed by atoms with Gasteiger partial charge in [-0.25, -0.2) is 4.98 Å². The number of hydrogen-bond donors (Lipinski definition) is 1. The van der Waals surface area contributed by atoms with Crippen LogP contribution in [0.5, 0.6) is 0 Å². The van der Waals surface area contributed by atoms with Gasteiger partial charge in [0.25, 0.3) is 0 Å². The van der Waals surface area contributed by atoms with Crippen LogP contribution in [0.3, 0.4) is 0 Å². The SMILES string of the molecule is CC(C)c1nc2cc(C(C)CO)ccc2s1. The summed E-state index contributed by atoms with van der Waals surface area (Å²) in [6, 6.07) is 6.30. The first-order valence-electron chi connectivity index (χ1n) is 5.63. The van der Waals surface area contributed by atoms with E-state index in [9.17, 15) is 0 Å². The number of benzene rings is 1. The zero-order valence-corrected chi connectivity index (χ0v) is 10.7. The Balaban J connectivity index is 2.45. The quantitative estimate of drug-likeness (QED) is 0.883. The molecule has 16 heavy (non-hydrogen) atoms. The van der Waals surface area contributed by atoms with Crippen molar-refractivity contribution in [3.63, 3.8) is 0 Å². The third kappa shape index (κ3) is 2.11. The maximum atomic E-state index is 9.14. The van der Waals surface area contributed by atoms with E-state index < -0.39 is 0 Å². The molecule has 0 aliphatic heterocycles. The van der Waals surface area contributed by atoms with Crippen LogP contribution < -0.4 is 0 Å². The van der Waals surface area contributed by atoms with Gasteiger partial charge in [-0.3, -0.25) is 0 Å². The number of aliphatic hydroxyl groups is 1. The third-order valence-electron chi connectivity index (χ3n) is 2.76. The lowest BCUT2D eigenvalue weighted by Gasteiger charge is -2.06. The summed E-state index contributed by atoms with van der Waals surface area (Å²) in [7, 11) is 0. The number of aliphatic hydroxyl groups excluding tert-OH is 1. The van der Waals surface area contributed by atoms with Crippen molar-refractivity contribution in [3.05, 3.63) is 28.8 Å². The van der Waals surface area contributed by atoms with E-state index in [4.69, 9.17) is 5.11 Å². The summed E-state index contributed by atoms with van der Waals surface area (Å²) in [6.45, 7) is 6.54. The van der Waals surface area contributed by atoms with E-state index in [1.165, 1.54) is 9.71 Å². The van der Waals surface area contributed by atoms with Crippen LogP contribution in [0.2, 0.25) is 0 Å². The largest absolute Gasteiger partial charge is 0.396 e. The highest BCUT2D eigenvalue weighted by Gasteiger charge is 2.10. The van der Waals surface area contributed by atoms with Crippen molar-refractivity contribution in [2.75, 3.05) is 6.61 Å². The van der Waals surface area contributed by atoms with Gasteiger partial charge in [-0.2, -0.15) is 0 Å². The molecule has 2 nitrogen and oxygen atoms in total. The number of rotatable bonds is 3. The molecule has 0 radical (unpaired) electrons. The maximum absolute atomic E-state index is 9.14. The van der Waals surface area contributed by atoms with Crippen LogP contribution in [0.25, 0.3) is 10.2 Å². The van der Waals surface area contributed by atoms with E-state index in [2.05, 4.69) is 37.0 Å². The van der Waals surface area contributed by atoms with E-state index in [-0.39, 0.29) is 12.5 Å². The van der Waals surface area contributed by atoms with Crippen LogP contribution in [0.1, 0.15) is 43.2 Å². The summed E-state index contributed by atoms with van der Waals surface area (Å²) in [5.74, 6) is 0.671. The fraction of sp³-hybridized carbons (Fsp3) is 0.462. The Morgan fingerprint density at radius 2 is 2.06 bits per heavy atom. The van der Waals surface area contributed by atoms with Gasteiger partial charge in [-0.05, 0) is 17.7 Å². The smallest absolute Gasteiger partial charge is 0.0963 e. The average molecular weight is 235 g/mol. The molecule has 1 aromatic carbocycles. The summed E-state index contributed by atoms with van der Waals surface area (Å²) in [5, 5.41) is 10.3. The van der Waals surface area contributed by atoms with Crippen LogP contribution in [0.15, 0.2) is 18.2 Å². The second-order valence-electron chi connectivity index (χ2n) is 4.52. The third-order valence-corrected chi connectivity index (χ3v) is 4.10. The van der Waals surface area contributed by atoms with E-state index >= 15 is 0 Å². The van der Waals surface area contributed by atoms with E-state index in [1.54, 1.807) is 11.3 Å². The zero-order valence-electron chi connectivity index (χ0n) is 9.90. The van der Waals surface area contributed by atoms with Crippen LogP contribution in [0, 0.1) is 0 Å². The predicted octanol–water partition coefficient (Wildman–Crippen LogP) is 3.52. The molecule has 1 heterocycles. The number of hydrogen-bond acceptors (Lipinski definition) is 3. The normalized spacial score (nSPS) is 13.6. The molecule has 2 aromatic rings. The highest BCUT2D eigenvalue weighted by Crippen LogP contribution is 2.29. The Hall–Kier alpha value is -0.930. The molecule has 2 rings (SSSR count). The highest BCUT2D eigenvalue weighted by atomic mass is 32.1. The fourth-order valence-corrected chi connectivity index (χ4v) is 2.57. The van der Waals surface area contributed by atoms with Crippen molar-refractivity contribution >= 4 is 21.6 Å². The molecule has 0 saturated carbocycles. The molecule has 0 aliphatic carbocycles. The molecule has 0 fully saturated rings. The summed E-state index contributed by atoms with van der Waals surface area (Å²) >= 11 is 1.76. The minimum atomic E-state index is 0.187. The van der Waals surface area contributed by atoms with Gasteiger partial charge >= 0.3 is 0 Å². The van der Waals surface area contributed by atoms with Crippen LogP contribution in [0.4, 0.5) is 0 Å². The predicted molar refractivity (Wildman–Crippen MR) is 69.2 cm³/mol. The fourth-order valence-electron chi connectivity index (χ4n) is 1.62. The lowest BCUT2D eigenvalue weighted by Crippen LogP contribution is -1.98. The average Bonchev–Trinajstić information content (AvgIpc) is 2.70. The van der Waals surface area contributed by atoms with Crippen LogP contribution in [-0.2, 0) is 0 Å². The first kappa shape index (κ1) is 11.6. The summed E-state index contributed by atoms with van der Waals surface area (Å²) in [5.41, 5.74) is 2.22. The molecule has 1 N–H and O–H groups in total. The lowest BCUT2D eigenvalue weighted by molar-refractivity contribution is 0.273. The van der Waals surface area contributed by atoms with Gasteiger partial charge in [0.2, 0.25) is 0 Å². The second kappa shape index (κ2) is 4.52. The molecule has 0 bridgehead atoms. The van der Waals surface area contributed by atoms with Gasteiger partial charge in [0.1, 0.15) is 0 Å². The van der Waals surface area contributed by atoms with Gasteiger partial charge in [-0.15, -0.1) is 11.3 Å². The van der Waals surface area contributed by atoms with Crippen molar-refractivity contribution in [3.8, 4) is 0 Å².